The number of nitrogens with zero attached hydrogens (tertiary/aromatic N) is 2. The SMILES string of the molecule is N#Cc1cc(CNc2cc(I)ccc2Br)ccn1. The fourth-order valence-corrected chi connectivity index (χ4v) is 2.35. The minimum absolute atomic E-state index is 0.441. The zero-order valence-corrected chi connectivity index (χ0v) is 13.1. The normalized spacial score (nSPS) is 9.83. The van der Waals surface area contributed by atoms with E-state index in [2.05, 4.69) is 54.9 Å². The second-order valence-corrected chi connectivity index (χ2v) is 5.74. The van der Waals surface area contributed by atoms with Crippen molar-refractivity contribution in [3.05, 3.63) is 55.8 Å². The van der Waals surface area contributed by atoms with Crippen molar-refractivity contribution in [1.82, 2.24) is 4.98 Å². The van der Waals surface area contributed by atoms with Gasteiger partial charge in [0.2, 0.25) is 0 Å². The van der Waals surface area contributed by atoms with Crippen molar-refractivity contribution >= 4 is 44.2 Å². The lowest BCUT2D eigenvalue weighted by Crippen LogP contribution is -2.01. The predicted octanol–water partition coefficient (Wildman–Crippen LogP) is 3.93. The Labute approximate surface area is 128 Å². The van der Waals surface area contributed by atoms with Crippen LogP contribution in [0.25, 0.3) is 0 Å². The summed E-state index contributed by atoms with van der Waals surface area (Å²) in [5.74, 6) is 0. The monoisotopic (exact) mass is 413 g/mol. The first-order chi connectivity index (χ1) is 8.69. The van der Waals surface area contributed by atoms with Gasteiger partial charge in [-0.2, -0.15) is 5.26 Å². The lowest BCUT2D eigenvalue weighted by molar-refractivity contribution is 1.11. The molecule has 0 amide bonds. The molecule has 0 aliphatic carbocycles. The zero-order chi connectivity index (χ0) is 13.0. The topological polar surface area (TPSA) is 48.7 Å². The van der Waals surface area contributed by atoms with Gasteiger partial charge in [-0.15, -0.1) is 0 Å². The Morgan fingerprint density at radius 1 is 1.33 bits per heavy atom. The number of nitriles is 1. The van der Waals surface area contributed by atoms with Crippen molar-refractivity contribution in [3.63, 3.8) is 0 Å². The molecule has 0 saturated heterocycles. The molecule has 1 aromatic carbocycles. The number of aromatic nitrogens is 1. The summed E-state index contributed by atoms with van der Waals surface area (Å²) >= 11 is 5.78. The molecule has 2 aromatic rings. The maximum Gasteiger partial charge on any atom is 0.140 e. The van der Waals surface area contributed by atoms with Crippen LogP contribution in [-0.2, 0) is 6.54 Å². The van der Waals surface area contributed by atoms with E-state index in [1.165, 1.54) is 3.57 Å². The van der Waals surface area contributed by atoms with Gasteiger partial charge < -0.3 is 5.32 Å². The fourth-order valence-electron chi connectivity index (χ4n) is 1.48. The summed E-state index contributed by atoms with van der Waals surface area (Å²) in [7, 11) is 0. The van der Waals surface area contributed by atoms with E-state index in [9.17, 15) is 0 Å². The van der Waals surface area contributed by atoms with Crippen LogP contribution in [0.3, 0.4) is 0 Å². The molecule has 0 saturated carbocycles. The maximum atomic E-state index is 8.79. The number of anilines is 1. The van der Waals surface area contributed by atoms with Crippen molar-refractivity contribution in [2.24, 2.45) is 0 Å². The van der Waals surface area contributed by atoms with Crippen LogP contribution >= 0.6 is 38.5 Å². The van der Waals surface area contributed by atoms with Gasteiger partial charge in [0.15, 0.2) is 0 Å². The molecule has 5 heteroatoms. The van der Waals surface area contributed by atoms with Gasteiger partial charge in [-0.05, 0) is 74.4 Å². The van der Waals surface area contributed by atoms with Gasteiger partial charge in [-0.3, -0.25) is 0 Å². The van der Waals surface area contributed by atoms with Crippen LogP contribution in [0.2, 0.25) is 0 Å². The van der Waals surface area contributed by atoms with Crippen LogP contribution in [-0.4, -0.2) is 4.98 Å². The number of rotatable bonds is 3. The minimum Gasteiger partial charge on any atom is -0.380 e. The molecule has 3 nitrogen and oxygen atoms in total. The van der Waals surface area contributed by atoms with Gasteiger partial charge in [0.05, 0.1) is 0 Å². The molecular formula is C13H9BrIN3. The van der Waals surface area contributed by atoms with E-state index in [4.69, 9.17) is 5.26 Å². The van der Waals surface area contributed by atoms with Gasteiger partial charge >= 0.3 is 0 Å². The third-order valence-electron chi connectivity index (χ3n) is 2.35. The van der Waals surface area contributed by atoms with Crippen molar-refractivity contribution in [1.29, 1.82) is 5.26 Å². The number of pyridine rings is 1. The lowest BCUT2D eigenvalue weighted by atomic mass is 10.2. The van der Waals surface area contributed by atoms with E-state index < -0.39 is 0 Å². The van der Waals surface area contributed by atoms with Crippen LogP contribution in [0.4, 0.5) is 5.69 Å². The summed E-state index contributed by atoms with van der Waals surface area (Å²) in [6.45, 7) is 0.663. The molecule has 0 fully saturated rings. The highest BCUT2D eigenvalue weighted by atomic mass is 127. The summed E-state index contributed by atoms with van der Waals surface area (Å²) in [4.78, 5) is 3.95. The summed E-state index contributed by atoms with van der Waals surface area (Å²) in [5, 5.41) is 12.1. The summed E-state index contributed by atoms with van der Waals surface area (Å²) in [6.07, 6.45) is 1.65. The molecule has 18 heavy (non-hydrogen) atoms. The van der Waals surface area contributed by atoms with Crippen LogP contribution < -0.4 is 5.32 Å². The Kier molecular flexibility index (Phi) is 4.55. The van der Waals surface area contributed by atoms with Crippen LogP contribution in [0.15, 0.2) is 41.0 Å². The first-order valence-electron chi connectivity index (χ1n) is 5.23. The Morgan fingerprint density at radius 3 is 2.94 bits per heavy atom. The molecule has 0 spiro atoms. The average Bonchev–Trinajstić information content (AvgIpc) is 2.40. The van der Waals surface area contributed by atoms with Crippen LogP contribution in [0, 0.1) is 14.9 Å². The highest BCUT2D eigenvalue weighted by Crippen LogP contribution is 2.24. The predicted molar refractivity (Wildman–Crippen MR) is 83.1 cm³/mol. The van der Waals surface area contributed by atoms with Crippen molar-refractivity contribution in [2.75, 3.05) is 5.32 Å². The van der Waals surface area contributed by atoms with Gasteiger partial charge in [-0.25, -0.2) is 4.98 Å². The molecule has 0 aliphatic rings. The third kappa shape index (κ3) is 3.43. The van der Waals surface area contributed by atoms with E-state index in [0.29, 0.717) is 12.2 Å². The summed E-state index contributed by atoms with van der Waals surface area (Å²) in [6, 6.07) is 11.8. The van der Waals surface area contributed by atoms with Crippen LogP contribution in [0.5, 0.6) is 0 Å². The van der Waals surface area contributed by atoms with Crippen molar-refractivity contribution in [2.45, 2.75) is 6.54 Å². The molecule has 1 N–H and O–H groups in total. The van der Waals surface area contributed by atoms with E-state index in [1.54, 1.807) is 12.3 Å². The molecule has 0 bridgehead atoms. The van der Waals surface area contributed by atoms with E-state index in [-0.39, 0.29) is 0 Å². The molecule has 0 unspecified atom stereocenters. The Bertz CT molecular complexity index is 607. The standard InChI is InChI=1S/C13H9BrIN3/c14-12-2-1-10(15)6-13(12)18-8-9-3-4-17-11(5-9)7-16/h1-6,18H,8H2. The Balaban J connectivity index is 2.11. The highest BCUT2D eigenvalue weighted by Gasteiger charge is 2.01. The maximum absolute atomic E-state index is 8.79. The molecule has 2 rings (SSSR count). The molecule has 0 atom stereocenters. The number of nitrogens with one attached hydrogen (secondary N) is 1. The van der Waals surface area contributed by atoms with E-state index >= 15 is 0 Å². The third-order valence-corrected chi connectivity index (χ3v) is 3.71. The first kappa shape index (κ1) is 13.3. The van der Waals surface area contributed by atoms with Crippen molar-refractivity contribution < 1.29 is 0 Å². The molecular weight excluding hydrogens is 405 g/mol. The number of hydrogen-bond donors (Lipinski definition) is 1. The molecule has 0 aliphatic heterocycles. The number of halogens is 2. The second kappa shape index (κ2) is 6.16. The number of benzene rings is 1. The Morgan fingerprint density at radius 2 is 2.17 bits per heavy atom. The minimum atomic E-state index is 0.441. The van der Waals surface area contributed by atoms with Gasteiger partial charge in [0.25, 0.3) is 0 Å². The zero-order valence-electron chi connectivity index (χ0n) is 9.32. The quantitative estimate of drug-likeness (QED) is 0.775. The average molecular weight is 414 g/mol. The smallest absolute Gasteiger partial charge is 0.140 e. The van der Waals surface area contributed by atoms with E-state index in [1.807, 2.05) is 24.3 Å². The first-order valence-corrected chi connectivity index (χ1v) is 7.10. The summed E-state index contributed by atoms with van der Waals surface area (Å²) in [5.41, 5.74) is 2.51. The lowest BCUT2D eigenvalue weighted by Gasteiger charge is -2.09. The van der Waals surface area contributed by atoms with Gasteiger partial charge in [0.1, 0.15) is 11.8 Å². The molecule has 1 heterocycles. The number of hydrogen-bond acceptors (Lipinski definition) is 3. The van der Waals surface area contributed by atoms with Crippen molar-refractivity contribution in [3.8, 4) is 6.07 Å². The largest absolute Gasteiger partial charge is 0.380 e. The molecule has 1 aromatic heterocycles. The second-order valence-electron chi connectivity index (χ2n) is 3.64. The van der Waals surface area contributed by atoms with Gasteiger partial charge in [0, 0.05) is 26.5 Å². The Hall–Kier alpha value is -1.13. The highest BCUT2D eigenvalue weighted by molar-refractivity contribution is 14.1. The van der Waals surface area contributed by atoms with Crippen LogP contribution in [0.1, 0.15) is 11.3 Å². The fraction of sp³-hybridized carbons (Fsp3) is 0.0769. The summed E-state index contributed by atoms with van der Waals surface area (Å²) < 4.78 is 2.20. The van der Waals surface area contributed by atoms with Gasteiger partial charge in [-0.1, -0.05) is 0 Å². The van der Waals surface area contributed by atoms with E-state index in [0.717, 1.165) is 15.7 Å². The molecule has 0 radical (unpaired) electrons. The molecule has 90 valence electrons.